The molecule has 0 aliphatic heterocycles. The molecule has 0 saturated heterocycles. The molecule has 0 unspecified atom stereocenters. The number of carbonyl (C=O) groups is 3. The van der Waals surface area contributed by atoms with E-state index in [1.807, 2.05) is 0 Å². The summed E-state index contributed by atoms with van der Waals surface area (Å²) in [5.74, 6) is -2.26. The molecule has 19 heavy (non-hydrogen) atoms. The van der Waals surface area contributed by atoms with Gasteiger partial charge in [-0.05, 0) is 18.6 Å². The summed E-state index contributed by atoms with van der Waals surface area (Å²) in [4.78, 5) is 32.8. The van der Waals surface area contributed by atoms with E-state index in [4.69, 9.17) is 14.6 Å². The third-order valence-corrected chi connectivity index (χ3v) is 2.13. The predicted molar refractivity (Wildman–Crippen MR) is 64.6 cm³/mol. The summed E-state index contributed by atoms with van der Waals surface area (Å²) >= 11 is 0. The molecule has 0 radical (unpaired) electrons. The van der Waals surface area contributed by atoms with E-state index in [0.29, 0.717) is 5.56 Å². The zero-order valence-corrected chi connectivity index (χ0v) is 10.2. The summed E-state index contributed by atoms with van der Waals surface area (Å²) in [6.45, 7) is -0.491. The highest BCUT2D eigenvalue weighted by Crippen LogP contribution is 2.01. The van der Waals surface area contributed by atoms with Crippen molar-refractivity contribution in [3.8, 4) is 0 Å². The molecular formula is C13H14O6. The predicted octanol–water partition coefficient (Wildman–Crippen LogP) is 1.25. The zero-order valence-electron chi connectivity index (χ0n) is 10.2. The monoisotopic (exact) mass is 266 g/mol. The highest BCUT2D eigenvalue weighted by Gasteiger charge is 2.10. The van der Waals surface area contributed by atoms with Crippen LogP contribution in [0.2, 0.25) is 0 Å². The molecule has 0 aromatic heterocycles. The number of benzene rings is 1. The van der Waals surface area contributed by atoms with E-state index in [2.05, 4.69) is 0 Å². The summed E-state index contributed by atoms with van der Waals surface area (Å²) in [7, 11) is 0. The lowest BCUT2D eigenvalue weighted by Gasteiger charge is -2.05. The number of carboxylic acid groups (broad SMARTS) is 1. The molecule has 0 heterocycles. The van der Waals surface area contributed by atoms with Gasteiger partial charge in [0.1, 0.15) is 0 Å². The number of esters is 2. The maximum absolute atomic E-state index is 11.5. The van der Waals surface area contributed by atoms with Crippen LogP contribution in [0.4, 0.5) is 0 Å². The number of ether oxygens (including phenoxy) is 2. The van der Waals surface area contributed by atoms with Crippen LogP contribution in [0.15, 0.2) is 30.3 Å². The Labute approximate surface area is 109 Å². The highest BCUT2D eigenvalue weighted by atomic mass is 16.6. The van der Waals surface area contributed by atoms with Gasteiger partial charge in [-0.3, -0.25) is 4.79 Å². The molecule has 0 spiro atoms. The Kier molecular flexibility index (Phi) is 6.08. The molecule has 0 saturated carbocycles. The number of carboxylic acids is 1. The van der Waals surface area contributed by atoms with Crippen LogP contribution in [0, 0.1) is 0 Å². The number of rotatable bonds is 7. The standard InChI is InChI=1S/C13H14O6/c14-11(15)7-4-8-18-12(16)9-19-13(17)10-5-2-1-3-6-10/h1-3,5-6H,4,7-9H2,(H,14,15). The molecule has 1 rings (SSSR count). The topological polar surface area (TPSA) is 89.9 Å². The van der Waals surface area contributed by atoms with Gasteiger partial charge in [0, 0.05) is 6.42 Å². The van der Waals surface area contributed by atoms with E-state index >= 15 is 0 Å². The zero-order chi connectivity index (χ0) is 14.1. The second-order valence-corrected chi connectivity index (χ2v) is 3.66. The molecule has 0 aliphatic rings. The number of carbonyl (C=O) groups excluding carboxylic acids is 2. The van der Waals surface area contributed by atoms with E-state index in [9.17, 15) is 14.4 Å². The Morgan fingerprint density at radius 2 is 1.74 bits per heavy atom. The van der Waals surface area contributed by atoms with Crippen molar-refractivity contribution in [2.24, 2.45) is 0 Å². The van der Waals surface area contributed by atoms with Crippen LogP contribution in [-0.4, -0.2) is 36.2 Å². The molecule has 1 aromatic rings. The molecule has 0 bridgehead atoms. The fourth-order valence-electron chi connectivity index (χ4n) is 1.23. The molecule has 0 fully saturated rings. The average Bonchev–Trinajstić information content (AvgIpc) is 2.41. The third kappa shape index (κ3) is 6.21. The van der Waals surface area contributed by atoms with E-state index in [-0.39, 0.29) is 19.4 Å². The van der Waals surface area contributed by atoms with Crippen LogP contribution in [0.25, 0.3) is 0 Å². The quantitative estimate of drug-likeness (QED) is 0.590. The molecule has 0 amide bonds. The average molecular weight is 266 g/mol. The first-order valence-electron chi connectivity index (χ1n) is 5.69. The van der Waals surface area contributed by atoms with Crippen LogP contribution in [0.1, 0.15) is 23.2 Å². The maximum atomic E-state index is 11.5. The Morgan fingerprint density at radius 1 is 1.05 bits per heavy atom. The summed E-state index contributed by atoms with van der Waals surface area (Å²) in [5.41, 5.74) is 0.348. The second kappa shape index (κ2) is 7.86. The molecular weight excluding hydrogens is 252 g/mol. The summed E-state index contributed by atoms with van der Waals surface area (Å²) in [5, 5.41) is 8.37. The second-order valence-electron chi connectivity index (χ2n) is 3.66. The van der Waals surface area contributed by atoms with Crippen molar-refractivity contribution in [1.29, 1.82) is 0 Å². The van der Waals surface area contributed by atoms with Gasteiger partial charge in [-0.15, -0.1) is 0 Å². The Balaban J connectivity index is 2.20. The Morgan fingerprint density at radius 3 is 2.37 bits per heavy atom. The Bertz CT molecular complexity index is 440. The van der Waals surface area contributed by atoms with Crippen LogP contribution in [0.3, 0.4) is 0 Å². The smallest absolute Gasteiger partial charge is 0.344 e. The first kappa shape index (κ1) is 14.7. The number of aliphatic carboxylic acids is 1. The van der Waals surface area contributed by atoms with Gasteiger partial charge in [0.2, 0.25) is 0 Å². The van der Waals surface area contributed by atoms with Crippen LogP contribution in [0.5, 0.6) is 0 Å². The first-order valence-corrected chi connectivity index (χ1v) is 5.69. The van der Waals surface area contributed by atoms with E-state index in [1.54, 1.807) is 30.3 Å². The molecule has 1 N–H and O–H groups in total. The molecule has 102 valence electrons. The van der Waals surface area contributed by atoms with Crippen molar-refractivity contribution >= 4 is 17.9 Å². The van der Waals surface area contributed by atoms with Gasteiger partial charge in [0.25, 0.3) is 0 Å². The van der Waals surface area contributed by atoms with Crippen LogP contribution < -0.4 is 0 Å². The third-order valence-electron chi connectivity index (χ3n) is 2.13. The van der Waals surface area contributed by atoms with E-state index < -0.39 is 24.5 Å². The van der Waals surface area contributed by atoms with Gasteiger partial charge in [0.15, 0.2) is 6.61 Å². The summed E-state index contributed by atoms with van der Waals surface area (Å²) < 4.78 is 9.44. The first-order chi connectivity index (χ1) is 9.09. The lowest BCUT2D eigenvalue weighted by atomic mass is 10.2. The normalized spacial score (nSPS) is 9.68. The van der Waals surface area contributed by atoms with Crippen molar-refractivity contribution in [3.05, 3.63) is 35.9 Å². The van der Waals surface area contributed by atoms with Crippen molar-refractivity contribution < 1.29 is 29.0 Å². The highest BCUT2D eigenvalue weighted by molar-refractivity contribution is 5.90. The largest absolute Gasteiger partial charge is 0.481 e. The van der Waals surface area contributed by atoms with Crippen LogP contribution >= 0.6 is 0 Å². The van der Waals surface area contributed by atoms with Gasteiger partial charge >= 0.3 is 17.9 Å². The van der Waals surface area contributed by atoms with Crippen molar-refractivity contribution in [3.63, 3.8) is 0 Å². The molecule has 0 atom stereocenters. The lowest BCUT2D eigenvalue weighted by molar-refractivity contribution is -0.148. The SMILES string of the molecule is O=C(O)CCCOC(=O)COC(=O)c1ccccc1. The Hall–Kier alpha value is -2.37. The van der Waals surface area contributed by atoms with Gasteiger partial charge in [-0.2, -0.15) is 0 Å². The van der Waals surface area contributed by atoms with Gasteiger partial charge in [0.05, 0.1) is 12.2 Å². The molecule has 0 aliphatic carbocycles. The van der Waals surface area contributed by atoms with Gasteiger partial charge in [-0.25, -0.2) is 9.59 Å². The number of hydrogen-bond acceptors (Lipinski definition) is 5. The fourth-order valence-corrected chi connectivity index (χ4v) is 1.23. The van der Waals surface area contributed by atoms with E-state index in [0.717, 1.165) is 0 Å². The van der Waals surface area contributed by atoms with Crippen molar-refractivity contribution in [2.45, 2.75) is 12.8 Å². The number of hydrogen-bond donors (Lipinski definition) is 1. The minimum Gasteiger partial charge on any atom is -0.481 e. The van der Waals surface area contributed by atoms with Gasteiger partial charge < -0.3 is 14.6 Å². The fraction of sp³-hybridized carbons (Fsp3) is 0.308. The lowest BCUT2D eigenvalue weighted by Crippen LogP contribution is -2.17. The van der Waals surface area contributed by atoms with Crippen molar-refractivity contribution in [2.75, 3.05) is 13.2 Å². The summed E-state index contributed by atoms with van der Waals surface area (Å²) in [6, 6.07) is 8.26. The van der Waals surface area contributed by atoms with Crippen LogP contribution in [-0.2, 0) is 19.1 Å². The minimum atomic E-state index is -0.952. The van der Waals surface area contributed by atoms with E-state index in [1.165, 1.54) is 0 Å². The minimum absolute atomic E-state index is 0.00593. The maximum Gasteiger partial charge on any atom is 0.344 e. The summed E-state index contributed by atoms with van der Waals surface area (Å²) in [6.07, 6.45) is 0.158. The van der Waals surface area contributed by atoms with Crippen molar-refractivity contribution in [1.82, 2.24) is 0 Å². The molecule has 6 nitrogen and oxygen atoms in total. The van der Waals surface area contributed by atoms with Gasteiger partial charge in [-0.1, -0.05) is 18.2 Å². The molecule has 6 heteroatoms. The molecule has 1 aromatic carbocycles.